The second-order valence-corrected chi connectivity index (χ2v) is 5.29. The van der Waals surface area contributed by atoms with Crippen LogP contribution in [0, 0.1) is 17.0 Å². The van der Waals surface area contributed by atoms with Crippen LogP contribution in [-0.2, 0) is 0 Å². The number of ketones is 1. The van der Waals surface area contributed by atoms with Gasteiger partial charge in [0.05, 0.1) is 17.1 Å². The van der Waals surface area contributed by atoms with Crippen molar-refractivity contribution in [2.24, 2.45) is 0 Å². The Morgan fingerprint density at radius 1 is 1.21 bits per heavy atom. The van der Waals surface area contributed by atoms with Gasteiger partial charge in [-0.25, -0.2) is 0 Å². The molecule has 0 fully saturated rings. The van der Waals surface area contributed by atoms with Gasteiger partial charge in [-0.1, -0.05) is 0 Å². The normalized spacial score (nSPS) is 14.4. The molecular formula is C18H15NO5. The summed E-state index contributed by atoms with van der Waals surface area (Å²) >= 11 is 0. The molecule has 0 saturated heterocycles. The number of ether oxygens (including phenoxy) is 2. The van der Waals surface area contributed by atoms with Gasteiger partial charge in [-0.3, -0.25) is 14.9 Å². The van der Waals surface area contributed by atoms with Gasteiger partial charge in [0.25, 0.3) is 5.69 Å². The number of nitro benzene ring substituents is 1. The number of allylic oxidation sites excluding steroid dienone is 1. The second kappa shape index (κ2) is 6.16. The molecule has 24 heavy (non-hydrogen) atoms. The van der Waals surface area contributed by atoms with Crippen LogP contribution in [0.5, 0.6) is 11.5 Å². The molecule has 2 aromatic carbocycles. The number of hydrogen-bond acceptors (Lipinski definition) is 5. The molecule has 1 heterocycles. The third kappa shape index (κ3) is 2.74. The Kier molecular flexibility index (Phi) is 4.04. The summed E-state index contributed by atoms with van der Waals surface area (Å²) < 4.78 is 11.2. The fourth-order valence-corrected chi connectivity index (χ4v) is 2.52. The molecule has 6 nitrogen and oxygen atoms in total. The predicted octanol–water partition coefficient (Wildman–Crippen LogP) is 3.92. The molecule has 0 amide bonds. The first kappa shape index (κ1) is 15.7. The molecule has 0 aliphatic carbocycles. The third-order valence-electron chi connectivity index (χ3n) is 3.74. The lowest BCUT2D eigenvalue weighted by atomic mass is 10.1. The van der Waals surface area contributed by atoms with Crippen molar-refractivity contribution >= 4 is 17.5 Å². The number of benzene rings is 2. The van der Waals surface area contributed by atoms with Gasteiger partial charge in [0.1, 0.15) is 11.5 Å². The zero-order chi connectivity index (χ0) is 17.3. The molecule has 0 radical (unpaired) electrons. The molecule has 2 aromatic rings. The van der Waals surface area contributed by atoms with Crippen LogP contribution in [-0.4, -0.2) is 17.3 Å². The van der Waals surface area contributed by atoms with E-state index in [4.69, 9.17) is 9.47 Å². The Labute approximate surface area is 138 Å². The van der Waals surface area contributed by atoms with Crippen molar-refractivity contribution in [3.05, 3.63) is 69.0 Å². The van der Waals surface area contributed by atoms with Crippen LogP contribution in [0.15, 0.2) is 42.2 Å². The van der Waals surface area contributed by atoms with Crippen molar-refractivity contribution in [1.82, 2.24) is 0 Å². The number of hydrogen-bond donors (Lipinski definition) is 0. The van der Waals surface area contributed by atoms with Gasteiger partial charge < -0.3 is 9.47 Å². The van der Waals surface area contributed by atoms with E-state index in [0.29, 0.717) is 29.2 Å². The summed E-state index contributed by atoms with van der Waals surface area (Å²) in [6.07, 6.45) is 1.58. The van der Waals surface area contributed by atoms with E-state index < -0.39 is 4.92 Å². The molecule has 0 unspecified atom stereocenters. The number of carbonyl (C=O) groups is 1. The molecule has 0 atom stereocenters. The topological polar surface area (TPSA) is 78.7 Å². The molecule has 0 N–H and O–H groups in total. The first-order chi connectivity index (χ1) is 11.5. The van der Waals surface area contributed by atoms with Crippen molar-refractivity contribution in [2.75, 3.05) is 6.61 Å². The number of carbonyl (C=O) groups excluding carboxylic acids is 1. The van der Waals surface area contributed by atoms with Crippen molar-refractivity contribution in [3.63, 3.8) is 0 Å². The summed E-state index contributed by atoms with van der Waals surface area (Å²) in [5.74, 6) is 1.16. The van der Waals surface area contributed by atoms with Gasteiger partial charge >= 0.3 is 0 Å². The van der Waals surface area contributed by atoms with Crippen LogP contribution in [0.4, 0.5) is 5.69 Å². The monoisotopic (exact) mass is 325 g/mol. The third-order valence-corrected chi connectivity index (χ3v) is 3.74. The lowest BCUT2D eigenvalue weighted by Gasteiger charge is -2.09. The molecule has 0 spiro atoms. The lowest BCUT2D eigenvalue weighted by Crippen LogP contribution is -1.98. The molecular weight excluding hydrogens is 310 g/mol. The average molecular weight is 325 g/mol. The van der Waals surface area contributed by atoms with Crippen molar-refractivity contribution < 1.29 is 19.2 Å². The highest BCUT2D eigenvalue weighted by Gasteiger charge is 2.30. The Hall–Kier alpha value is -3.15. The summed E-state index contributed by atoms with van der Waals surface area (Å²) in [6, 6.07) is 9.36. The highest BCUT2D eigenvalue weighted by atomic mass is 16.6. The molecule has 0 bridgehead atoms. The van der Waals surface area contributed by atoms with Gasteiger partial charge in [0, 0.05) is 17.7 Å². The summed E-state index contributed by atoms with van der Waals surface area (Å²) in [7, 11) is 0. The van der Waals surface area contributed by atoms with E-state index >= 15 is 0 Å². The number of nitrogens with zero attached hydrogens (tertiary/aromatic N) is 1. The minimum atomic E-state index is -0.470. The molecule has 1 aliphatic heterocycles. The molecule has 0 aromatic heterocycles. The summed E-state index contributed by atoms with van der Waals surface area (Å²) in [4.78, 5) is 22.7. The van der Waals surface area contributed by atoms with E-state index in [-0.39, 0.29) is 17.2 Å². The maximum absolute atomic E-state index is 12.5. The first-order valence-electron chi connectivity index (χ1n) is 7.46. The first-order valence-corrected chi connectivity index (χ1v) is 7.46. The van der Waals surface area contributed by atoms with Gasteiger partial charge in [-0.2, -0.15) is 0 Å². The molecule has 0 saturated carbocycles. The Morgan fingerprint density at radius 3 is 2.54 bits per heavy atom. The largest absolute Gasteiger partial charge is 0.493 e. The van der Waals surface area contributed by atoms with Crippen LogP contribution in [0.2, 0.25) is 0 Å². The van der Waals surface area contributed by atoms with Crippen molar-refractivity contribution in [1.29, 1.82) is 0 Å². The maximum Gasteiger partial charge on any atom is 0.269 e. The van der Waals surface area contributed by atoms with E-state index in [1.54, 1.807) is 30.3 Å². The van der Waals surface area contributed by atoms with Crippen molar-refractivity contribution in [3.8, 4) is 11.5 Å². The lowest BCUT2D eigenvalue weighted by molar-refractivity contribution is -0.384. The van der Waals surface area contributed by atoms with Gasteiger partial charge in [-0.05, 0) is 49.8 Å². The van der Waals surface area contributed by atoms with Crippen LogP contribution >= 0.6 is 0 Å². The summed E-state index contributed by atoms with van der Waals surface area (Å²) in [5, 5.41) is 10.7. The van der Waals surface area contributed by atoms with Gasteiger partial charge in [0.2, 0.25) is 5.78 Å². The smallest absolute Gasteiger partial charge is 0.269 e. The Bertz CT molecular complexity index is 852. The zero-order valence-corrected chi connectivity index (χ0v) is 13.2. The minimum absolute atomic E-state index is 0.00342. The van der Waals surface area contributed by atoms with Crippen molar-refractivity contribution in [2.45, 2.75) is 13.8 Å². The van der Waals surface area contributed by atoms with E-state index in [0.717, 1.165) is 5.56 Å². The molecule has 3 rings (SSSR count). The maximum atomic E-state index is 12.5. The number of fused-ring (bicyclic) bond motifs is 1. The number of non-ortho nitro benzene ring substituents is 1. The highest BCUT2D eigenvalue weighted by molar-refractivity contribution is 6.14. The Balaban J connectivity index is 1.92. The van der Waals surface area contributed by atoms with Gasteiger partial charge in [0.15, 0.2) is 5.76 Å². The number of nitro groups is 1. The fourth-order valence-electron chi connectivity index (χ4n) is 2.52. The minimum Gasteiger partial charge on any atom is -0.493 e. The average Bonchev–Trinajstić information content (AvgIpc) is 2.88. The van der Waals surface area contributed by atoms with Crippen LogP contribution < -0.4 is 9.47 Å². The molecule has 6 heteroatoms. The summed E-state index contributed by atoms with van der Waals surface area (Å²) in [6.45, 7) is 4.25. The quantitative estimate of drug-likeness (QED) is 0.483. The summed E-state index contributed by atoms with van der Waals surface area (Å²) in [5.41, 5.74) is 1.91. The van der Waals surface area contributed by atoms with Crippen LogP contribution in [0.3, 0.4) is 0 Å². The number of rotatable bonds is 4. The predicted molar refractivity (Wildman–Crippen MR) is 88.4 cm³/mol. The number of Topliss-reactive ketones (excluding diaryl/α,β-unsaturated/α-hetero) is 1. The van der Waals surface area contributed by atoms with Crippen LogP contribution in [0.1, 0.15) is 28.4 Å². The zero-order valence-electron chi connectivity index (χ0n) is 13.2. The SMILES string of the molecule is CCOc1ccc2c(c1C)O/C(=C\c1ccc([N+](=O)[O-])cc1)C2=O. The molecule has 122 valence electrons. The Morgan fingerprint density at radius 2 is 1.92 bits per heavy atom. The van der Waals surface area contributed by atoms with E-state index in [1.807, 2.05) is 13.8 Å². The standard InChI is InChI=1S/C18H15NO5/c1-3-23-15-9-8-14-17(20)16(24-18(14)11(15)2)10-12-4-6-13(7-5-12)19(21)22/h4-10H,3H2,1-2H3/b16-10-. The fraction of sp³-hybridized carbons (Fsp3) is 0.167. The molecule has 1 aliphatic rings. The second-order valence-electron chi connectivity index (χ2n) is 5.29. The van der Waals surface area contributed by atoms with Gasteiger partial charge in [-0.15, -0.1) is 0 Å². The van der Waals surface area contributed by atoms with E-state index in [9.17, 15) is 14.9 Å². The van der Waals surface area contributed by atoms with Crippen LogP contribution in [0.25, 0.3) is 6.08 Å². The van der Waals surface area contributed by atoms with E-state index in [1.165, 1.54) is 12.1 Å². The van der Waals surface area contributed by atoms with E-state index in [2.05, 4.69) is 0 Å². The highest BCUT2D eigenvalue weighted by Crippen LogP contribution is 2.39.